The third-order valence-electron chi connectivity index (χ3n) is 4.68. The first-order valence-corrected chi connectivity index (χ1v) is 9.84. The quantitative estimate of drug-likeness (QED) is 0.251. The Bertz CT molecular complexity index is 1290. The zero-order chi connectivity index (χ0) is 23.8. The van der Waals surface area contributed by atoms with Crippen molar-refractivity contribution in [1.82, 2.24) is 0 Å². The van der Waals surface area contributed by atoms with Crippen molar-refractivity contribution in [2.45, 2.75) is 0 Å². The highest BCUT2D eigenvalue weighted by atomic mass is 16.6. The average Bonchev–Trinajstić information content (AvgIpc) is 2.85. The summed E-state index contributed by atoms with van der Waals surface area (Å²) < 4.78 is 0. The molecule has 0 saturated heterocycles. The molecule has 0 spiro atoms. The van der Waals surface area contributed by atoms with Crippen LogP contribution in [0.25, 0.3) is 0 Å². The molecule has 0 aliphatic rings. The molecule has 0 atom stereocenters. The molecule has 0 amide bonds. The van der Waals surface area contributed by atoms with E-state index in [4.69, 9.17) is 0 Å². The van der Waals surface area contributed by atoms with Gasteiger partial charge in [0.15, 0.2) is 11.6 Å². The van der Waals surface area contributed by atoms with Crippen LogP contribution in [0.5, 0.6) is 11.5 Å². The molecular weight excluding hydrogens is 422 g/mol. The van der Waals surface area contributed by atoms with E-state index in [9.17, 15) is 29.9 Å². The Balaban J connectivity index is 0.000000189. The molecule has 2 N–H and O–H groups in total. The maximum absolute atomic E-state index is 12.1. The number of rotatable bonds is 5. The van der Waals surface area contributed by atoms with Gasteiger partial charge in [0.2, 0.25) is 5.75 Å². The number of ketones is 2. The summed E-state index contributed by atoms with van der Waals surface area (Å²) in [4.78, 5) is 33.9. The molecule has 0 heterocycles. The van der Waals surface area contributed by atoms with E-state index in [1.165, 1.54) is 18.2 Å². The Morgan fingerprint density at radius 2 is 1.06 bits per heavy atom. The van der Waals surface area contributed by atoms with Crippen molar-refractivity contribution in [3.8, 4) is 11.5 Å². The van der Waals surface area contributed by atoms with Gasteiger partial charge in [-0.3, -0.25) is 19.7 Å². The van der Waals surface area contributed by atoms with Crippen LogP contribution in [0.1, 0.15) is 31.8 Å². The molecule has 0 radical (unpaired) electrons. The number of hydrogen-bond acceptors (Lipinski definition) is 6. The SMILES string of the molecule is O=C(c1ccccc1)c1cccc([N+](=O)[O-])c1O.O=C(c1ccccc1)c1ccccc1O. The highest BCUT2D eigenvalue weighted by molar-refractivity contribution is 6.11. The first-order valence-electron chi connectivity index (χ1n) is 9.84. The summed E-state index contributed by atoms with van der Waals surface area (Å²) in [6.07, 6.45) is 0. The molecule has 164 valence electrons. The summed E-state index contributed by atoms with van der Waals surface area (Å²) in [7, 11) is 0. The molecular formula is C26H19NO6. The Morgan fingerprint density at radius 1 is 0.606 bits per heavy atom. The Kier molecular flexibility index (Phi) is 7.28. The van der Waals surface area contributed by atoms with Crippen LogP contribution >= 0.6 is 0 Å². The number of carbonyl (C=O) groups excluding carboxylic acids is 2. The number of nitro groups is 1. The van der Waals surface area contributed by atoms with Crippen LogP contribution in [0.15, 0.2) is 103 Å². The summed E-state index contributed by atoms with van der Waals surface area (Å²) in [5.41, 5.74) is 0.739. The van der Waals surface area contributed by atoms with Crippen LogP contribution in [0.3, 0.4) is 0 Å². The minimum Gasteiger partial charge on any atom is -0.507 e. The predicted octanol–water partition coefficient (Wildman–Crippen LogP) is 5.15. The van der Waals surface area contributed by atoms with Gasteiger partial charge < -0.3 is 10.2 Å². The zero-order valence-corrected chi connectivity index (χ0v) is 17.3. The van der Waals surface area contributed by atoms with Crippen molar-refractivity contribution in [3.05, 3.63) is 135 Å². The molecule has 0 unspecified atom stereocenters. The molecule has 4 rings (SSSR count). The Hall–Kier alpha value is -4.78. The Labute approximate surface area is 189 Å². The molecule has 0 aliphatic carbocycles. The fourth-order valence-electron chi connectivity index (χ4n) is 3.02. The fourth-order valence-corrected chi connectivity index (χ4v) is 3.02. The van der Waals surface area contributed by atoms with Crippen LogP contribution in [0, 0.1) is 10.1 Å². The molecule has 0 aromatic heterocycles. The zero-order valence-electron chi connectivity index (χ0n) is 17.3. The minimum atomic E-state index is -0.725. The molecule has 4 aromatic carbocycles. The second-order valence-electron chi connectivity index (χ2n) is 6.84. The number of nitrogens with zero attached hydrogens (tertiary/aromatic N) is 1. The van der Waals surface area contributed by atoms with Gasteiger partial charge in [0.1, 0.15) is 5.75 Å². The van der Waals surface area contributed by atoms with E-state index in [2.05, 4.69) is 0 Å². The summed E-state index contributed by atoms with van der Waals surface area (Å²) in [6.45, 7) is 0. The lowest BCUT2D eigenvalue weighted by atomic mass is 10.0. The number of phenolic OH excluding ortho intramolecular Hbond substituents is 2. The molecule has 0 fully saturated rings. The van der Waals surface area contributed by atoms with Crippen LogP contribution < -0.4 is 0 Å². The maximum atomic E-state index is 12.1. The van der Waals surface area contributed by atoms with E-state index in [0.29, 0.717) is 16.7 Å². The molecule has 7 nitrogen and oxygen atoms in total. The lowest BCUT2D eigenvalue weighted by Crippen LogP contribution is -2.02. The lowest BCUT2D eigenvalue weighted by molar-refractivity contribution is -0.385. The number of benzene rings is 4. The molecule has 0 bridgehead atoms. The van der Waals surface area contributed by atoms with Crippen LogP contribution in [-0.2, 0) is 0 Å². The predicted molar refractivity (Wildman–Crippen MR) is 123 cm³/mol. The van der Waals surface area contributed by atoms with Gasteiger partial charge in [0.25, 0.3) is 0 Å². The van der Waals surface area contributed by atoms with Gasteiger partial charge in [-0.15, -0.1) is 0 Å². The highest BCUT2D eigenvalue weighted by Gasteiger charge is 2.21. The average molecular weight is 441 g/mol. The lowest BCUT2D eigenvalue weighted by Gasteiger charge is -2.04. The van der Waals surface area contributed by atoms with Crippen LogP contribution in [-0.4, -0.2) is 26.7 Å². The van der Waals surface area contributed by atoms with E-state index >= 15 is 0 Å². The van der Waals surface area contributed by atoms with E-state index in [1.807, 2.05) is 6.07 Å². The van der Waals surface area contributed by atoms with Crippen molar-refractivity contribution in [3.63, 3.8) is 0 Å². The topological polar surface area (TPSA) is 118 Å². The summed E-state index contributed by atoms with van der Waals surface area (Å²) in [5, 5.41) is 29.9. The van der Waals surface area contributed by atoms with Crippen LogP contribution in [0.4, 0.5) is 5.69 Å². The van der Waals surface area contributed by atoms with Crippen LogP contribution in [0.2, 0.25) is 0 Å². The third-order valence-corrected chi connectivity index (χ3v) is 4.68. The van der Waals surface area contributed by atoms with E-state index in [0.717, 1.165) is 6.07 Å². The molecule has 4 aromatic rings. The number of phenols is 2. The number of hydrogen-bond donors (Lipinski definition) is 2. The molecule has 33 heavy (non-hydrogen) atoms. The normalized spacial score (nSPS) is 9.94. The molecule has 0 saturated carbocycles. The maximum Gasteiger partial charge on any atom is 0.311 e. The number of aromatic hydroxyl groups is 2. The second kappa shape index (κ2) is 10.5. The monoisotopic (exact) mass is 441 g/mol. The van der Waals surface area contributed by atoms with Gasteiger partial charge in [-0.05, 0) is 18.2 Å². The smallest absolute Gasteiger partial charge is 0.311 e. The van der Waals surface area contributed by atoms with Crippen molar-refractivity contribution in [1.29, 1.82) is 0 Å². The second-order valence-corrected chi connectivity index (χ2v) is 6.84. The fraction of sp³-hybridized carbons (Fsp3) is 0. The van der Waals surface area contributed by atoms with Gasteiger partial charge in [0, 0.05) is 17.2 Å². The van der Waals surface area contributed by atoms with Gasteiger partial charge in [-0.2, -0.15) is 0 Å². The van der Waals surface area contributed by atoms with E-state index < -0.39 is 22.1 Å². The van der Waals surface area contributed by atoms with Gasteiger partial charge in [-0.25, -0.2) is 0 Å². The van der Waals surface area contributed by atoms with Crippen molar-refractivity contribution in [2.75, 3.05) is 0 Å². The highest BCUT2D eigenvalue weighted by Crippen LogP contribution is 2.30. The van der Waals surface area contributed by atoms with Gasteiger partial charge in [-0.1, -0.05) is 78.9 Å². The largest absolute Gasteiger partial charge is 0.507 e. The summed E-state index contributed by atoms with van der Waals surface area (Å²) in [5.74, 6) is -1.19. The standard InChI is InChI=1S/C13H9NO4.C13H10O2/c15-12(9-5-2-1-3-6-9)10-7-4-8-11(13(10)16)14(17)18;14-12-9-5-4-8-11(12)13(15)10-6-2-1-3-7-10/h1-8,16H;1-9,14H. The van der Waals surface area contributed by atoms with Gasteiger partial charge in [0.05, 0.1) is 16.1 Å². The number of carbonyl (C=O) groups is 2. The summed E-state index contributed by atoms with van der Waals surface area (Å²) in [6, 6.07) is 27.6. The van der Waals surface area contributed by atoms with Crippen molar-refractivity contribution in [2.24, 2.45) is 0 Å². The number of nitro benzene ring substituents is 1. The number of para-hydroxylation sites is 2. The van der Waals surface area contributed by atoms with Crippen molar-refractivity contribution < 1.29 is 24.7 Å². The molecule has 7 heteroatoms. The van der Waals surface area contributed by atoms with Crippen molar-refractivity contribution >= 4 is 17.3 Å². The first-order chi connectivity index (χ1) is 15.9. The minimum absolute atomic E-state index is 0.0198. The first kappa shape index (κ1) is 22.9. The molecule has 0 aliphatic heterocycles. The van der Waals surface area contributed by atoms with E-state index in [1.54, 1.807) is 72.8 Å². The third kappa shape index (κ3) is 5.48. The van der Waals surface area contributed by atoms with Gasteiger partial charge >= 0.3 is 5.69 Å². The Morgan fingerprint density at radius 3 is 1.58 bits per heavy atom. The summed E-state index contributed by atoms with van der Waals surface area (Å²) >= 11 is 0. The van der Waals surface area contributed by atoms with E-state index in [-0.39, 0.29) is 17.1 Å².